The van der Waals surface area contributed by atoms with E-state index >= 15 is 0 Å². The van der Waals surface area contributed by atoms with E-state index in [1.807, 2.05) is 18.2 Å². The number of anilines is 1. The summed E-state index contributed by atoms with van der Waals surface area (Å²) in [6.45, 7) is 7.10. The first kappa shape index (κ1) is 28.0. The van der Waals surface area contributed by atoms with E-state index in [9.17, 15) is 13.2 Å². The second-order valence-electron chi connectivity index (χ2n) is 7.63. The Hall–Kier alpha value is -2.24. The van der Waals surface area contributed by atoms with Gasteiger partial charge in [0.1, 0.15) is 5.75 Å². The highest BCUT2D eigenvalue weighted by atomic mass is 35.5. The summed E-state index contributed by atoms with van der Waals surface area (Å²) in [5.74, 6) is 0.486. The van der Waals surface area contributed by atoms with Gasteiger partial charge in [0, 0.05) is 38.8 Å². The average Bonchev–Trinajstić information content (AvgIpc) is 3.24. The number of halogens is 1. The van der Waals surface area contributed by atoms with Crippen LogP contribution < -0.4 is 9.64 Å². The standard InChI is InChI=1S/C23H30N4O4S2.ClH/c1-6-26(7-2)14-15-27(23-24-20-16-18(31-5)10-13-21(20)32-23)22(28)17-8-11-19(12-9-17)33(29,30)25(3)4;/h8-13,16H,6-7,14-15H2,1-5H3;1H. The van der Waals surface area contributed by atoms with E-state index in [4.69, 9.17) is 9.72 Å². The van der Waals surface area contributed by atoms with Gasteiger partial charge < -0.3 is 9.64 Å². The number of nitrogens with zero attached hydrogens (tertiary/aromatic N) is 4. The van der Waals surface area contributed by atoms with Crippen LogP contribution in [0.25, 0.3) is 10.2 Å². The molecule has 8 nitrogen and oxygen atoms in total. The van der Waals surface area contributed by atoms with Crippen molar-refractivity contribution in [1.82, 2.24) is 14.2 Å². The Morgan fingerprint density at radius 2 is 1.68 bits per heavy atom. The number of thiazole rings is 1. The van der Waals surface area contributed by atoms with Gasteiger partial charge in [-0.05, 0) is 49.5 Å². The van der Waals surface area contributed by atoms with Crippen LogP contribution in [0.5, 0.6) is 5.75 Å². The minimum absolute atomic E-state index is 0. The fraction of sp³-hybridized carbons (Fsp3) is 0.391. The topological polar surface area (TPSA) is 83.1 Å². The van der Waals surface area contributed by atoms with Crippen LogP contribution in [-0.2, 0) is 10.0 Å². The van der Waals surface area contributed by atoms with Gasteiger partial charge in [0.05, 0.1) is 22.2 Å². The summed E-state index contributed by atoms with van der Waals surface area (Å²) >= 11 is 1.44. The van der Waals surface area contributed by atoms with Gasteiger partial charge in [-0.25, -0.2) is 17.7 Å². The van der Waals surface area contributed by atoms with Crippen molar-refractivity contribution in [3.05, 3.63) is 48.0 Å². The normalized spacial score (nSPS) is 11.6. The van der Waals surface area contributed by atoms with Crippen molar-refractivity contribution in [2.45, 2.75) is 18.7 Å². The summed E-state index contributed by atoms with van der Waals surface area (Å²) in [6, 6.07) is 11.7. The highest BCUT2D eigenvalue weighted by Crippen LogP contribution is 2.32. The van der Waals surface area contributed by atoms with Crippen LogP contribution in [0.3, 0.4) is 0 Å². The molecule has 0 aliphatic heterocycles. The molecule has 3 aromatic rings. The van der Waals surface area contributed by atoms with Crippen molar-refractivity contribution in [1.29, 1.82) is 0 Å². The van der Waals surface area contributed by atoms with Crippen LogP contribution >= 0.6 is 23.7 Å². The Balaban J connectivity index is 0.00000408. The first-order valence-electron chi connectivity index (χ1n) is 10.7. The van der Waals surface area contributed by atoms with Crippen LogP contribution in [0.1, 0.15) is 24.2 Å². The Morgan fingerprint density at radius 1 is 1.03 bits per heavy atom. The first-order valence-corrected chi connectivity index (χ1v) is 13.0. The number of ether oxygens (including phenoxy) is 1. The lowest BCUT2D eigenvalue weighted by Crippen LogP contribution is -2.38. The van der Waals surface area contributed by atoms with E-state index < -0.39 is 10.0 Å². The predicted octanol–water partition coefficient (Wildman–Crippen LogP) is 3.97. The molecular weight excluding hydrogens is 496 g/mol. The van der Waals surface area contributed by atoms with Crippen molar-refractivity contribution in [2.24, 2.45) is 0 Å². The number of amides is 1. The molecule has 0 atom stereocenters. The molecule has 11 heteroatoms. The first-order chi connectivity index (χ1) is 15.7. The molecule has 186 valence electrons. The number of benzene rings is 2. The summed E-state index contributed by atoms with van der Waals surface area (Å²) in [4.78, 5) is 22.3. The van der Waals surface area contributed by atoms with Crippen LogP contribution in [0.15, 0.2) is 47.4 Å². The summed E-state index contributed by atoms with van der Waals surface area (Å²) in [5.41, 5.74) is 1.17. The van der Waals surface area contributed by atoms with E-state index in [0.29, 0.717) is 29.5 Å². The van der Waals surface area contributed by atoms with E-state index in [-0.39, 0.29) is 23.2 Å². The van der Waals surface area contributed by atoms with Gasteiger partial charge in [-0.15, -0.1) is 12.4 Å². The fourth-order valence-electron chi connectivity index (χ4n) is 3.34. The number of likely N-dealkylation sites (N-methyl/N-ethyl adjacent to an activating group) is 1. The minimum atomic E-state index is -3.56. The maximum absolute atomic E-state index is 13.5. The molecular formula is C23H31ClN4O4S2. The van der Waals surface area contributed by atoms with E-state index in [2.05, 4.69) is 18.7 Å². The Kier molecular flexibility index (Phi) is 9.84. The summed E-state index contributed by atoms with van der Waals surface area (Å²) in [6.07, 6.45) is 0. The largest absolute Gasteiger partial charge is 0.497 e. The van der Waals surface area contributed by atoms with Gasteiger partial charge in [0.15, 0.2) is 5.13 Å². The van der Waals surface area contributed by atoms with Gasteiger partial charge in [-0.3, -0.25) is 9.69 Å². The number of sulfonamides is 1. The van der Waals surface area contributed by atoms with Crippen molar-refractivity contribution < 1.29 is 17.9 Å². The highest BCUT2D eigenvalue weighted by Gasteiger charge is 2.23. The summed E-state index contributed by atoms with van der Waals surface area (Å²) in [7, 11) is 0.997. The van der Waals surface area contributed by atoms with Crippen molar-refractivity contribution in [3.8, 4) is 5.75 Å². The lowest BCUT2D eigenvalue weighted by molar-refractivity contribution is 0.0983. The fourth-order valence-corrected chi connectivity index (χ4v) is 5.21. The molecule has 0 radical (unpaired) electrons. The Morgan fingerprint density at radius 3 is 2.24 bits per heavy atom. The zero-order valence-corrected chi connectivity index (χ0v) is 22.5. The second-order valence-corrected chi connectivity index (χ2v) is 10.8. The molecule has 0 aliphatic rings. The molecule has 1 aromatic heterocycles. The van der Waals surface area contributed by atoms with Crippen LogP contribution in [0, 0.1) is 0 Å². The smallest absolute Gasteiger partial charge is 0.260 e. The number of carbonyl (C=O) groups is 1. The van der Waals surface area contributed by atoms with Crippen molar-refractivity contribution >= 4 is 55.0 Å². The van der Waals surface area contributed by atoms with Gasteiger partial charge in [-0.2, -0.15) is 0 Å². The Labute approximate surface area is 211 Å². The predicted molar refractivity (Wildman–Crippen MR) is 140 cm³/mol. The number of methoxy groups -OCH3 is 1. The zero-order valence-electron chi connectivity index (χ0n) is 20.0. The highest BCUT2D eigenvalue weighted by molar-refractivity contribution is 7.89. The molecule has 0 spiro atoms. The Bertz CT molecular complexity index is 1210. The van der Waals surface area contributed by atoms with Crippen LogP contribution in [0.2, 0.25) is 0 Å². The number of hydrogen-bond donors (Lipinski definition) is 0. The molecule has 0 unspecified atom stereocenters. The third-order valence-corrected chi connectivity index (χ3v) is 8.36. The molecule has 0 aliphatic carbocycles. The van der Waals surface area contributed by atoms with E-state index in [0.717, 1.165) is 27.6 Å². The van der Waals surface area contributed by atoms with Gasteiger partial charge >= 0.3 is 0 Å². The van der Waals surface area contributed by atoms with E-state index in [1.165, 1.54) is 37.6 Å². The van der Waals surface area contributed by atoms with Gasteiger partial charge in [0.25, 0.3) is 5.91 Å². The van der Waals surface area contributed by atoms with Crippen LogP contribution in [-0.4, -0.2) is 75.9 Å². The number of fused-ring (bicyclic) bond motifs is 1. The lowest BCUT2D eigenvalue weighted by Gasteiger charge is -2.24. The number of aromatic nitrogens is 1. The monoisotopic (exact) mass is 526 g/mol. The number of carbonyl (C=O) groups excluding carboxylic acids is 1. The molecule has 2 aromatic carbocycles. The maximum Gasteiger partial charge on any atom is 0.260 e. The second kappa shape index (κ2) is 11.9. The number of hydrogen-bond acceptors (Lipinski definition) is 7. The molecule has 0 N–H and O–H groups in total. The van der Waals surface area contributed by atoms with Gasteiger partial charge in [0.2, 0.25) is 10.0 Å². The summed E-state index contributed by atoms with van der Waals surface area (Å²) < 4.78 is 32.1. The molecule has 0 saturated carbocycles. The zero-order chi connectivity index (χ0) is 24.2. The third kappa shape index (κ3) is 6.05. The molecule has 1 heterocycles. The lowest BCUT2D eigenvalue weighted by atomic mass is 10.2. The van der Waals surface area contributed by atoms with Crippen molar-refractivity contribution in [3.63, 3.8) is 0 Å². The average molecular weight is 527 g/mol. The van der Waals surface area contributed by atoms with Crippen LogP contribution in [0.4, 0.5) is 5.13 Å². The molecule has 0 bridgehead atoms. The quantitative estimate of drug-likeness (QED) is 0.397. The van der Waals surface area contributed by atoms with Crippen molar-refractivity contribution in [2.75, 3.05) is 52.3 Å². The van der Waals surface area contributed by atoms with Gasteiger partial charge in [-0.1, -0.05) is 25.2 Å². The molecule has 34 heavy (non-hydrogen) atoms. The SMILES string of the molecule is CCN(CC)CCN(C(=O)c1ccc(S(=O)(=O)N(C)C)cc1)c1nc2cc(OC)ccc2s1.Cl. The van der Waals surface area contributed by atoms with E-state index in [1.54, 1.807) is 24.1 Å². The third-order valence-electron chi connectivity index (χ3n) is 5.47. The number of rotatable bonds is 10. The maximum atomic E-state index is 13.5. The molecule has 0 fully saturated rings. The molecule has 1 amide bonds. The summed E-state index contributed by atoms with van der Waals surface area (Å²) in [5, 5.41) is 0.598. The molecule has 0 saturated heterocycles. The molecule has 3 rings (SSSR count). The minimum Gasteiger partial charge on any atom is -0.497 e.